The summed E-state index contributed by atoms with van der Waals surface area (Å²) in [7, 11) is 1.19. The lowest BCUT2D eigenvalue weighted by molar-refractivity contribution is -0.894. The zero-order chi connectivity index (χ0) is 35.3. The second kappa shape index (κ2) is 14.4. The van der Waals surface area contributed by atoms with E-state index >= 15 is 0 Å². The number of nitriles is 1. The van der Waals surface area contributed by atoms with Crippen molar-refractivity contribution in [2.45, 2.75) is 39.0 Å². The van der Waals surface area contributed by atoms with E-state index in [1.807, 2.05) is 6.07 Å². The van der Waals surface area contributed by atoms with E-state index < -0.39 is 83.1 Å². The van der Waals surface area contributed by atoms with E-state index in [1.165, 1.54) is 14.0 Å². The number of carbonyl (C=O) groups is 1. The summed E-state index contributed by atoms with van der Waals surface area (Å²) in [4.78, 5) is 29.7. The number of aromatic nitrogens is 4. The maximum absolute atomic E-state index is 14.8. The molecule has 0 aliphatic carbocycles. The Labute approximate surface area is 267 Å². The van der Waals surface area contributed by atoms with Gasteiger partial charge in [0, 0.05) is 26.4 Å². The van der Waals surface area contributed by atoms with E-state index in [2.05, 4.69) is 46.0 Å². The second-order valence-corrected chi connectivity index (χ2v) is 9.87. The molecule has 48 heavy (non-hydrogen) atoms. The number of methoxy groups -OCH3 is 1. The number of hydrogen-bond acceptors (Lipinski definition) is 13. The van der Waals surface area contributed by atoms with Crippen molar-refractivity contribution < 1.29 is 54.3 Å². The van der Waals surface area contributed by atoms with Crippen LogP contribution in [0.5, 0.6) is 5.75 Å². The fourth-order valence-electron chi connectivity index (χ4n) is 4.61. The Morgan fingerprint density at radius 2 is 1.73 bits per heavy atom. The van der Waals surface area contributed by atoms with Gasteiger partial charge in [-0.05, 0) is 32.0 Å². The zero-order valence-corrected chi connectivity index (χ0v) is 25.3. The number of benzene rings is 1. The van der Waals surface area contributed by atoms with Crippen LogP contribution in [0.25, 0.3) is 0 Å². The standard InChI is InChI=1S/C27H27F7N10O4/c1-4-36-21-15(9-35)10-38-25(41-21)43-44(12-19(28)47-13-20(44)46-3)23(45)14-6-7-17(18(8-14)48-27(32,33)34)40-24-39-11-16(26(29,30)31)22(42-24)37-5-2/h6-8,10-11,19-20H,4-5,12-13H2,1-3H3,(H3-,36,37,38,39,40,41,42,43,45)/p+1. The minimum Gasteiger partial charge on any atom is -0.404 e. The lowest BCUT2D eigenvalue weighted by atomic mass is 10.1. The van der Waals surface area contributed by atoms with Gasteiger partial charge in [-0.3, -0.25) is 0 Å². The van der Waals surface area contributed by atoms with Crippen LogP contribution in [0.15, 0.2) is 30.6 Å². The molecule has 1 saturated heterocycles. The van der Waals surface area contributed by atoms with Gasteiger partial charge in [-0.1, -0.05) is 0 Å². The van der Waals surface area contributed by atoms with Crippen molar-refractivity contribution in [2.24, 2.45) is 0 Å². The summed E-state index contributed by atoms with van der Waals surface area (Å²) >= 11 is 0. The van der Waals surface area contributed by atoms with Gasteiger partial charge in [0.05, 0.1) is 17.4 Å². The van der Waals surface area contributed by atoms with Crippen LogP contribution < -0.4 is 26.1 Å². The molecule has 1 aliphatic rings. The predicted octanol–water partition coefficient (Wildman–Crippen LogP) is 4.95. The van der Waals surface area contributed by atoms with Crippen molar-refractivity contribution in [1.29, 1.82) is 5.26 Å². The van der Waals surface area contributed by atoms with Crippen LogP contribution in [0, 0.1) is 11.3 Å². The molecule has 1 amide bonds. The average molecular weight is 690 g/mol. The van der Waals surface area contributed by atoms with Crippen molar-refractivity contribution in [2.75, 3.05) is 54.7 Å². The number of amides is 1. The van der Waals surface area contributed by atoms with E-state index in [1.54, 1.807) is 6.92 Å². The fraction of sp³-hybridized carbons (Fsp3) is 0.407. The van der Waals surface area contributed by atoms with Gasteiger partial charge in [0.2, 0.25) is 12.2 Å². The van der Waals surface area contributed by atoms with E-state index in [4.69, 9.17) is 9.47 Å². The van der Waals surface area contributed by atoms with Crippen molar-refractivity contribution in [3.05, 3.63) is 47.3 Å². The Morgan fingerprint density at radius 1 is 1.06 bits per heavy atom. The number of nitrogens with one attached hydrogen (secondary N) is 4. The molecule has 1 fully saturated rings. The Bertz CT molecular complexity index is 1670. The molecule has 14 nitrogen and oxygen atoms in total. The molecule has 3 heterocycles. The molecule has 2 aromatic heterocycles. The summed E-state index contributed by atoms with van der Waals surface area (Å²) < 4.78 is 109. The minimum atomic E-state index is -5.30. The lowest BCUT2D eigenvalue weighted by Gasteiger charge is -2.43. The average Bonchev–Trinajstić information content (AvgIpc) is 3.01. The van der Waals surface area contributed by atoms with Crippen LogP contribution >= 0.6 is 0 Å². The number of anilines is 5. The molecule has 3 aromatic rings. The van der Waals surface area contributed by atoms with Gasteiger partial charge in [0.25, 0.3) is 12.3 Å². The molecular weight excluding hydrogens is 661 g/mol. The highest BCUT2D eigenvalue weighted by molar-refractivity contribution is 5.91. The Kier molecular flexibility index (Phi) is 10.7. The van der Waals surface area contributed by atoms with Crippen LogP contribution in [0.1, 0.15) is 35.3 Å². The first-order valence-corrected chi connectivity index (χ1v) is 14.0. The van der Waals surface area contributed by atoms with E-state index in [9.17, 15) is 40.8 Å². The number of quaternary nitrogens is 1. The first-order chi connectivity index (χ1) is 22.6. The largest absolute Gasteiger partial charge is 0.573 e. The van der Waals surface area contributed by atoms with Crippen molar-refractivity contribution in [3.8, 4) is 11.8 Å². The van der Waals surface area contributed by atoms with Gasteiger partial charge in [-0.2, -0.15) is 33.8 Å². The van der Waals surface area contributed by atoms with E-state index in [0.29, 0.717) is 18.8 Å². The summed E-state index contributed by atoms with van der Waals surface area (Å²) in [5, 5.41) is 17.0. The van der Waals surface area contributed by atoms with Gasteiger partial charge < -0.3 is 30.2 Å². The van der Waals surface area contributed by atoms with Gasteiger partial charge in [0.15, 0.2) is 12.3 Å². The normalized spacial score (nSPS) is 19.6. The van der Waals surface area contributed by atoms with Crippen molar-refractivity contribution in [3.63, 3.8) is 0 Å². The van der Waals surface area contributed by atoms with Gasteiger partial charge >= 0.3 is 18.4 Å². The smallest absolute Gasteiger partial charge is 0.404 e. The number of rotatable bonds is 11. The van der Waals surface area contributed by atoms with Gasteiger partial charge in [-0.25, -0.2) is 19.2 Å². The molecule has 4 N–H and O–H groups in total. The van der Waals surface area contributed by atoms with Crippen LogP contribution in [0.4, 0.5) is 60.0 Å². The Hall–Kier alpha value is -5.07. The zero-order valence-electron chi connectivity index (χ0n) is 25.3. The third kappa shape index (κ3) is 8.07. The molecule has 1 aromatic carbocycles. The highest BCUT2D eigenvalue weighted by Gasteiger charge is 2.53. The maximum Gasteiger partial charge on any atom is 0.573 e. The lowest BCUT2D eigenvalue weighted by Crippen LogP contribution is -2.70. The van der Waals surface area contributed by atoms with Gasteiger partial charge in [-0.15, -0.1) is 17.8 Å². The number of nitrogens with zero attached hydrogens (tertiary/aromatic N) is 6. The maximum atomic E-state index is 14.8. The summed E-state index contributed by atoms with van der Waals surface area (Å²) in [6.07, 6.45) is -11.9. The predicted molar refractivity (Wildman–Crippen MR) is 153 cm³/mol. The van der Waals surface area contributed by atoms with E-state index in [0.717, 1.165) is 18.3 Å². The highest BCUT2D eigenvalue weighted by atomic mass is 19.4. The molecule has 0 saturated carbocycles. The SMILES string of the molecule is CCNc1nc(N[N+]2(C(=O)c3ccc(Nc4ncc(C(F)(F)F)c(NCC)n4)c(OC(F)(F)F)c3)CC(F)OCC2OC)ncc1C#N. The number of halogens is 7. The summed E-state index contributed by atoms with van der Waals surface area (Å²) in [6.45, 7) is 2.36. The number of ether oxygens (including phenoxy) is 3. The van der Waals surface area contributed by atoms with Crippen molar-refractivity contribution >= 4 is 35.1 Å². The number of alkyl halides is 7. The van der Waals surface area contributed by atoms with Gasteiger partial charge in [0.1, 0.15) is 35.4 Å². The molecule has 0 radical (unpaired) electrons. The van der Waals surface area contributed by atoms with Crippen LogP contribution in [0.2, 0.25) is 0 Å². The minimum absolute atomic E-state index is 0.0317. The first kappa shape index (κ1) is 35.8. The molecule has 258 valence electrons. The third-order valence-corrected chi connectivity index (χ3v) is 6.67. The van der Waals surface area contributed by atoms with E-state index in [-0.39, 0.29) is 23.9 Å². The van der Waals surface area contributed by atoms with Crippen LogP contribution in [-0.2, 0) is 15.7 Å². The molecule has 3 atom stereocenters. The first-order valence-electron chi connectivity index (χ1n) is 14.0. The third-order valence-electron chi connectivity index (χ3n) is 6.67. The molecule has 21 heteroatoms. The molecule has 3 unspecified atom stereocenters. The Morgan fingerprint density at radius 3 is 2.35 bits per heavy atom. The summed E-state index contributed by atoms with van der Waals surface area (Å²) in [5.41, 5.74) is 0.616. The Balaban J connectivity index is 1.79. The molecule has 1 aliphatic heterocycles. The monoisotopic (exact) mass is 689 g/mol. The quantitative estimate of drug-likeness (QED) is 0.158. The summed E-state index contributed by atoms with van der Waals surface area (Å²) in [6, 6.07) is 4.61. The highest BCUT2D eigenvalue weighted by Crippen LogP contribution is 2.37. The molecular formula is C27H28F7N10O4+. The number of morpholine rings is 1. The van der Waals surface area contributed by atoms with Crippen LogP contribution in [-0.4, -0.2) is 82.7 Å². The molecule has 0 spiro atoms. The fourth-order valence-corrected chi connectivity index (χ4v) is 4.61. The van der Waals surface area contributed by atoms with Crippen LogP contribution in [0.3, 0.4) is 0 Å². The number of carbonyl (C=O) groups excluding carboxylic acids is 1. The van der Waals surface area contributed by atoms with Crippen molar-refractivity contribution in [1.82, 2.24) is 19.9 Å². The molecule has 0 bridgehead atoms. The summed E-state index contributed by atoms with van der Waals surface area (Å²) in [5.74, 6) is -3.38. The molecule has 4 rings (SSSR count). The second-order valence-electron chi connectivity index (χ2n) is 9.87. The topological polar surface area (TPSA) is 168 Å². The number of hydrogen-bond donors (Lipinski definition) is 4.